The summed E-state index contributed by atoms with van der Waals surface area (Å²) in [6.45, 7) is 0.987. The molecule has 2 bridgehead atoms. The average molecular weight is 521 g/mol. The SMILES string of the molecule is COC(=O)[C@@]12CN(CC3CCCCC3)C[C@@](C(=O)OC)(C1=O)C(c1ccccn1)N(C)C2c1ccccn1. The van der Waals surface area contributed by atoms with E-state index in [-0.39, 0.29) is 13.1 Å². The van der Waals surface area contributed by atoms with E-state index >= 15 is 0 Å². The van der Waals surface area contributed by atoms with Gasteiger partial charge in [0.15, 0.2) is 16.6 Å². The van der Waals surface area contributed by atoms with Crippen LogP contribution in [-0.4, -0.2) is 78.4 Å². The Balaban J connectivity index is 1.75. The lowest BCUT2D eigenvalue weighted by atomic mass is 9.54. The van der Waals surface area contributed by atoms with Gasteiger partial charge < -0.3 is 9.47 Å². The number of ether oxygens (including phenoxy) is 2. The summed E-state index contributed by atoms with van der Waals surface area (Å²) in [6.07, 6.45) is 9.04. The normalized spacial score (nSPS) is 30.6. The number of carbonyl (C=O) groups excluding carboxylic acids is 3. The average Bonchev–Trinajstić information content (AvgIpc) is 2.95. The minimum absolute atomic E-state index is 0.147. The predicted octanol–water partition coefficient (Wildman–Crippen LogP) is 2.99. The summed E-state index contributed by atoms with van der Waals surface area (Å²) in [7, 11) is 4.42. The van der Waals surface area contributed by atoms with Gasteiger partial charge in [-0.2, -0.15) is 0 Å². The van der Waals surface area contributed by atoms with Gasteiger partial charge in [-0.15, -0.1) is 0 Å². The van der Waals surface area contributed by atoms with E-state index in [1.54, 1.807) is 24.5 Å². The molecule has 2 aromatic heterocycles. The molecule has 202 valence electrons. The summed E-state index contributed by atoms with van der Waals surface area (Å²) in [4.78, 5) is 55.9. The van der Waals surface area contributed by atoms with Crippen LogP contribution in [0.25, 0.3) is 0 Å². The Morgan fingerprint density at radius 2 is 1.37 bits per heavy atom. The molecule has 3 aliphatic rings. The zero-order chi connectivity index (χ0) is 26.9. The molecule has 5 rings (SSSR count). The summed E-state index contributed by atoms with van der Waals surface area (Å²) in [6, 6.07) is 9.36. The van der Waals surface area contributed by atoms with Crippen LogP contribution < -0.4 is 0 Å². The van der Waals surface area contributed by atoms with Gasteiger partial charge in [-0.1, -0.05) is 31.4 Å². The smallest absolute Gasteiger partial charge is 0.322 e. The first-order valence-corrected chi connectivity index (χ1v) is 13.4. The van der Waals surface area contributed by atoms with Crippen LogP contribution in [0.4, 0.5) is 0 Å². The van der Waals surface area contributed by atoms with Crippen molar-refractivity contribution in [1.82, 2.24) is 19.8 Å². The lowest BCUT2D eigenvalue weighted by molar-refractivity contribution is -0.204. The number of ketones is 1. The third kappa shape index (κ3) is 4.03. The number of hydrogen-bond acceptors (Lipinski definition) is 9. The first-order valence-electron chi connectivity index (χ1n) is 13.4. The number of nitrogens with zero attached hydrogens (tertiary/aromatic N) is 4. The Kier molecular flexibility index (Phi) is 7.33. The van der Waals surface area contributed by atoms with Gasteiger partial charge in [0.05, 0.1) is 37.7 Å². The van der Waals surface area contributed by atoms with Gasteiger partial charge >= 0.3 is 11.9 Å². The number of carbonyl (C=O) groups is 3. The molecule has 2 unspecified atom stereocenters. The van der Waals surface area contributed by atoms with Crippen LogP contribution in [-0.2, 0) is 23.9 Å². The van der Waals surface area contributed by atoms with Crippen LogP contribution in [0.5, 0.6) is 0 Å². The maximum Gasteiger partial charge on any atom is 0.322 e. The third-order valence-corrected chi connectivity index (χ3v) is 8.78. The standard InChI is InChI=1S/C29H36N4O5/c1-32-23(21-13-7-9-15-30-21)28(26(35)37-2)18-33(17-20-11-5-4-6-12-20)19-29(25(28)34,27(36)38-3)24(32)22-14-8-10-16-31-22/h7-10,13-16,20,23-24H,4-6,11-12,17-19H2,1-3H3/t23?,24?,28-,29+. The van der Waals surface area contributed by atoms with E-state index in [1.165, 1.54) is 20.6 Å². The summed E-state index contributed by atoms with van der Waals surface area (Å²) < 4.78 is 10.7. The van der Waals surface area contributed by atoms with Gasteiger partial charge in [0.2, 0.25) is 0 Å². The molecule has 1 saturated carbocycles. The molecule has 0 spiro atoms. The second kappa shape index (κ2) is 10.5. The molecule has 0 radical (unpaired) electrons. The number of esters is 2. The van der Waals surface area contributed by atoms with Crippen molar-refractivity contribution in [3.05, 3.63) is 60.2 Å². The van der Waals surface area contributed by atoms with Crippen molar-refractivity contribution in [2.75, 3.05) is 40.9 Å². The molecule has 9 heteroatoms. The second-order valence-electron chi connectivity index (χ2n) is 10.9. The third-order valence-electron chi connectivity index (χ3n) is 8.78. The van der Waals surface area contributed by atoms with Crippen LogP contribution in [0.1, 0.15) is 55.6 Å². The van der Waals surface area contributed by atoms with Gasteiger partial charge in [0.1, 0.15) is 0 Å². The Bertz CT molecular complexity index is 1090. The van der Waals surface area contributed by atoms with E-state index in [9.17, 15) is 14.4 Å². The largest absolute Gasteiger partial charge is 0.468 e. The van der Waals surface area contributed by atoms with Crippen LogP contribution in [0.15, 0.2) is 48.8 Å². The Morgan fingerprint density at radius 1 is 0.868 bits per heavy atom. The molecule has 0 aromatic carbocycles. The maximum atomic E-state index is 14.9. The van der Waals surface area contributed by atoms with Crippen molar-refractivity contribution in [3.8, 4) is 0 Å². The number of fused-ring (bicyclic) bond motifs is 2. The molecule has 3 fully saturated rings. The number of rotatable bonds is 6. The first-order chi connectivity index (χ1) is 18.4. The van der Waals surface area contributed by atoms with E-state index < -0.39 is 40.6 Å². The van der Waals surface area contributed by atoms with Gasteiger partial charge in [-0.3, -0.25) is 34.2 Å². The molecule has 4 heterocycles. The van der Waals surface area contributed by atoms with E-state index in [4.69, 9.17) is 9.47 Å². The van der Waals surface area contributed by atoms with Crippen molar-refractivity contribution >= 4 is 17.7 Å². The molecule has 2 aromatic rings. The number of pyridine rings is 2. The van der Waals surface area contributed by atoms with Crippen LogP contribution in [0.3, 0.4) is 0 Å². The minimum atomic E-state index is -1.68. The van der Waals surface area contributed by atoms with E-state index in [0.29, 0.717) is 23.9 Å². The highest BCUT2D eigenvalue weighted by Crippen LogP contribution is 2.60. The fourth-order valence-corrected chi connectivity index (χ4v) is 7.33. The summed E-state index contributed by atoms with van der Waals surface area (Å²) >= 11 is 0. The quantitative estimate of drug-likeness (QED) is 0.420. The molecule has 38 heavy (non-hydrogen) atoms. The summed E-state index contributed by atoms with van der Waals surface area (Å²) in [5.74, 6) is -1.37. The molecule has 0 N–H and O–H groups in total. The highest BCUT2D eigenvalue weighted by Gasteiger charge is 2.75. The van der Waals surface area contributed by atoms with Crippen molar-refractivity contribution in [2.45, 2.75) is 44.2 Å². The zero-order valence-electron chi connectivity index (χ0n) is 22.3. The maximum absolute atomic E-state index is 14.9. The minimum Gasteiger partial charge on any atom is -0.468 e. The molecule has 9 nitrogen and oxygen atoms in total. The van der Waals surface area contributed by atoms with E-state index in [2.05, 4.69) is 14.9 Å². The zero-order valence-corrected chi connectivity index (χ0v) is 22.3. The molecule has 2 saturated heterocycles. The van der Waals surface area contributed by atoms with Crippen LogP contribution in [0, 0.1) is 16.7 Å². The van der Waals surface area contributed by atoms with Crippen molar-refractivity contribution in [3.63, 3.8) is 0 Å². The van der Waals surface area contributed by atoms with Crippen LogP contribution >= 0.6 is 0 Å². The Labute approximate surface area is 223 Å². The molecular weight excluding hydrogens is 484 g/mol. The van der Waals surface area contributed by atoms with Gasteiger partial charge in [-0.05, 0) is 50.1 Å². The van der Waals surface area contributed by atoms with Gasteiger partial charge in [-0.25, -0.2) is 0 Å². The predicted molar refractivity (Wildman–Crippen MR) is 139 cm³/mol. The van der Waals surface area contributed by atoms with Crippen LogP contribution in [0.2, 0.25) is 0 Å². The monoisotopic (exact) mass is 520 g/mol. The van der Waals surface area contributed by atoms with Crippen molar-refractivity contribution < 1.29 is 23.9 Å². The molecule has 2 aliphatic heterocycles. The van der Waals surface area contributed by atoms with Crippen molar-refractivity contribution in [2.24, 2.45) is 16.7 Å². The topological polar surface area (TPSA) is 102 Å². The first kappa shape index (κ1) is 26.4. The molecule has 1 aliphatic carbocycles. The highest BCUT2D eigenvalue weighted by molar-refractivity contribution is 6.17. The lowest BCUT2D eigenvalue weighted by Crippen LogP contribution is -2.75. The number of methoxy groups -OCH3 is 2. The van der Waals surface area contributed by atoms with E-state index in [0.717, 1.165) is 25.7 Å². The number of Topliss-reactive ketones (excluding diaryl/α,β-unsaturated/α-hetero) is 1. The Hall–Kier alpha value is -3.17. The number of hydrogen-bond donors (Lipinski definition) is 0. The van der Waals surface area contributed by atoms with E-state index in [1.807, 2.05) is 36.2 Å². The fourth-order valence-electron chi connectivity index (χ4n) is 7.33. The summed E-state index contributed by atoms with van der Waals surface area (Å²) in [5, 5.41) is 0. The molecule has 0 amide bonds. The molecular formula is C29H36N4O5. The van der Waals surface area contributed by atoms with Crippen molar-refractivity contribution in [1.29, 1.82) is 0 Å². The fraction of sp³-hybridized carbons (Fsp3) is 0.552. The number of aromatic nitrogens is 2. The second-order valence-corrected chi connectivity index (χ2v) is 10.9. The Morgan fingerprint density at radius 3 is 1.79 bits per heavy atom. The van der Waals surface area contributed by atoms with Gasteiger partial charge in [0, 0.05) is 32.0 Å². The van der Waals surface area contributed by atoms with Gasteiger partial charge in [0.25, 0.3) is 0 Å². The summed E-state index contributed by atoms with van der Waals surface area (Å²) in [5.41, 5.74) is -2.23. The number of piperidine rings is 2. The highest BCUT2D eigenvalue weighted by atomic mass is 16.5. The lowest BCUT2D eigenvalue weighted by Gasteiger charge is -2.60. The number of likely N-dealkylation sites (tertiary alicyclic amines) is 2. The molecule has 4 atom stereocenters.